The molecule has 0 aromatic rings. The molecule has 0 aromatic heterocycles. The average Bonchev–Trinajstić information content (AvgIpc) is 0. The zero-order valence-corrected chi connectivity index (χ0v) is 12.4. The van der Waals surface area contributed by atoms with Gasteiger partial charge in [0.05, 0.1) is 0 Å². The van der Waals surface area contributed by atoms with Crippen LogP contribution >= 0.6 is 0 Å². The first kappa shape index (κ1) is 31.3. The van der Waals surface area contributed by atoms with Crippen LogP contribution in [0.2, 0.25) is 0 Å². The maximum Gasteiger partial charge on any atom is 0 e. The Bertz CT molecular complexity index is 8.00. The van der Waals surface area contributed by atoms with Gasteiger partial charge in [-0.3, -0.25) is 0 Å². The zero-order chi connectivity index (χ0) is 0. The second kappa shape index (κ2) is 17.8. The van der Waals surface area contributed by atoms with E-state index in [1.807, 2.05) is 0 Å². The van der Waals surface area contributed by atoms with Crippen molar-refractivity contribution in [1.29, 1.82) is 0 Å². The first-order valence-electron chi connectivity index (χ1n) is 0. The second-order valence-electron chi connectivity index (χ2n) is 0. The molecule has 0 amide bonds. The predicted molar refractivity (Wildman–Crippen MR) is 9.94 cm³/mol. The van der Waals surface area contributed by atoms with Gasteiger partial charge >= 0.3 is 26.2 Å². The third kappa shape index (κ3) is 8.82. The summed E-state index contributed by atoms with van der Waals surface area (Å²) in [4.78, 5) is 0. The van der Waals surface area contributed by atoms with Crippen molar-refractivity contribution in [1.82, 2.24) is 0 Å². The van der Waals surface area contributed by atoms with Crippen molar-refractivity contribution >= 4 is 26.2 Å². The van der Waals surface area contributed by atoms with Gasteiger partial charge in [-0.1, -0.05) is 0 Å². The van der Waals surface area contributed by atoms with Gasteiger partial charge in [-0.15, -0.1) is 0 Å². The SMILES string of the molecule is [BiH3].[Cu].[Ni].[Zn]. The van der Waals surface area contributed by atoms with Crippen LogP contribution in [0.1, 0.15) is 0 Å². The molecule has 4 heteroatoms. The van der Waals surface area contributed by atoms with Crippen molar-refractivity contribution < 1.29 is 53.0 Å². The van der Waals surface area contributed by atoms with Crippen molar-refractivity contribution in [2.45, 2.75) is 0 Å². The van der Waals surface area contributed by atoms with E-state index in [9.17, 15) is 0 Å². The van der Waals surface area contributed by atoms with E-state index in [1.165, 1.54) is 0 Å². The summed E-state index contributed by atoms with van der Waals surface area (Å²) in [6.07, 6.45) is 0. The van der Waals surface area contributed by atoms with Gasteiger partial charge in [0.2, 0.25) is 0 Å². The Morgan fingerprint density at radius 3 is 1.00 bits per heavy atom. The van der Waals surface area contributed by atoms with Crippen LogP contribution in [0.4, 0.5) is 0 Å². The van der Waals surface area contributed by atoms with E-state index < -0.39 is 0 Å². The molecule has 1 radical (unpaired) electrons. The first-order valence-corrected chi connectivity index (χ1v) is 0. The fraction of sp³-hybridized carbons (Fsp3) is 0. The Hall–Kier alpha value is 2.52. The normalized spacial score (nSPS) is 0. The van der Waals surface area contributed by atoms with E-state index in [4.69, 9.17) is 0 Å². The van der Waals surface area contributed by atoms with Crippen molar-refractivity contribution in [2.75, 3.05) is 0 Å². The molecular formula is H3BiCuNiZn. The van der Waals surface area contributed by atoms with Gasteiger partial charge in [0.25, 0.3) is 0 Å². The third-order valence-electron chi connectivity index (χ3n) is 0. The predicted octanol–water partition coefficient (Wildman–Crippen LogP) is -1.19. The topological polar surface area (TPSA) is 0 Å². The van der Waals surface area contributed by atoms with Gasteiger partial charge in [0, 0.05) is 53.0 Å². The molecule has 0 fully saturated rings. The third-order valence-corrected chi connectivity index (χ3v) is 0. The van der Waals surface area contributed by atoms with Crippen LogP contribution < -0.4 is 0 Å². The minimum Gasteiger partial charge on any atom is 0 e. The van der Waals surface area contributed by atoms with Crippen molar-refractivity contribution in [3.05, 3.63) is 0 Å². The molecule has 0 rings (SSSR count). The Balaban J connectivity index is 0. The molecule has 0 bridgehead atoms. The standard InChI is InChI=1S/Bi.Cu.Ni.Zn.3H. The van der Waals surface area contributed by atoms with Gasteiger partial charge < -0.3 is 0 Å². The summed E-state index contributed by atoms with van der Waals surface area (Å²) >= 11 is 0. The molecule has 0 heterocycles. The van der Waals surface area contributed by atoms with Crippen molar-refractivity contribution in [2.24, 2.45) is 0 Å². The molecular weight excluding hydrogens is 397 g/mol. The number of rotatable bonds is 0. The largest absolute Gasteiger partial charge is 0 e. The van der Waals surface area contributed by atoms with Gasteiger partial charge in [-0.2, -0.15) is 0 Å². The molecule has 4 heavy (non-hydrogen) atoms. The Labute approximate surface area is 78.1 Å². The summed E-state index contributed by atoms with van der Waals surface area (Å²) < 4.78 is 0. The summed E-state index contributed by atoms with van der Waals surface area (Å²) in [6, 6.07) is 0. The van der Waals surface area contributed by atoms with E-state index >= 15 is 0 Å². The Morgan fingerprint density at radius 1 is 1.00 bits per heavy atom. The van der Waals surface area contributed by atoms with Crippen molar-refractivity contribution in [3.8, 4) is 0 Å². The fourth-order valence-electron chi connectivity index (χ4n) is 0. The molecule has 0 spiro atoms. The van der Waals surface area contributed by atoms with Gasteiger partial charge in [0.15, 0.2) is 0 Å². The van der Waals surface area contributed by atoms with Crippen LogP contribution in [0.25, 0.3) is 0 Å². The summed E-state index contributed by atoms with van der Waals surface area (Å²) in [5, 5.41) is 0. The molecule has 0 aliphatic heterocycles. The molecule has 0 aliphatic rings. The first-order chi connectivity index (χ1) is 0. The van der Waals surface area contributed by atoms with Crippen LogP contribution in [0.3, 0.4) is 0 Å². The van der Waals surface area contributed by atoms with E-state index in [0.717, 1.165) is 0 Å². The van der Waals surface area contributed by atoms with Crippen LogP contribution in [-0.2, 0) is 53.0 Å². The molecule has 0 saturated heterocycles. The fourth-order valence-corrected chi connectivity index (χ4v) is 0. The molecule has 0 aliphatic carbocycles. The van der Waals surface area contributed by atoms with Crippen LogP contribution in [-0.4, -0.2) is 26.2 Å². The molecule has 0 nitrogen and oxygen atoms in total. The Morgan fingerprint density at radius 2 is 1.00 bits per heavy atom. The van der Waals surface area contributed by atoms with Gasteiger partial charge in [0.1, 0.15) is 0 Å². The minimum atomic E-state index is 0. The Kier molecular flexibility index (Phi) is 139. The average molecular weight is 400 g/mol. The quantitative estimate of drug-likeness (QED) is 0.450. The zero-order valence-electron chi connectivity index (χ0n) is 2.03. The molecule has 0 aromatic carbocycles. The summed E-state index contributed by atoms with van der Waals surface area (Å²) in [6.45, 7) is 0. The van der Waals surface area contributed by atoms with Crippen LogP contribution in [0.5, 0.6) is 0 Å². The van der Waals surface area contributed by atoms with Gasteiger partial charge in [-0.25, -0.2) is 0 Å². The van der Waals surface area contributed by atoms with Gasteiger partial charge in [-0.05, 0) is 0 Å². The summed E-state index contributed by atoms with van der Waals surface area (Å²) in [5.41, 5.74) is 0. The molecule has 0 atom stereocenters. The number of hydrogen-bond donors (Lipinski definition) is 0. The maximum absolute atomic E-state index is 0. The number of hydrogen-bond acceptors (Lipinski definition) is 0. The monoisotopic (exact) mass is 397 g/mol. The molecule has 0 N–H and O–H groups in total. The smallest absolute Gasteiger partial charge is 0 e. The minimum absolute atomic E-state index is 0. The summed E-state index contributed by atoms with van der Waals surface area (Å²) in [7, 11) is 0. The van der Waals surface area contributed by atoms with Crippen LogP contribution in [0.15, 0.2) is 0 Å². The van der Waals surface area contributed by atoms with Crippen LogP contribution in [0, 0.1) is 0 Å². The van der Waals surface area contributed by atoms with E-state index in [-0.39, 0.29) is 79.2 Å². The maximum atomic E-state index is 0. The van der Waals surface area contributed by atoms with E-state index in [0.29, 0.717) is 0 Å². The molecule has 31 valence electrons. The van der Waals surface area contributed by atoms with E-state index in [2.05, 4.69) is 0 Å². The molecule has 0 unspecified atom stereocenters. The van der Waals surface area contributed by atoms with Crippen molar-refractivity contribution in [3.63, 3.8) is 0 Å². The van der Waals surface area contributed by atoms with E-state index in [1.54, 1.807) is 0 Å². The summed E-state index contributed by atoms with van der Waals surface area (Å²) in [5.74, 6) is 0. The second-order valence-corrected chi connectivity index (χ2v) is 0. The molecule has 0 saturated carbocycles.